The van der Waals surface area contributed by atoms with Crippen molar-refractivity contribution < 1.29 is 14.3 Å². The number of ether oxygens (including phenoxy) is 1. The molecule has 0 heterocycles. The lowest BCUT2D eigenvalue weighted by molar-refractivity contribution is -0.134. The average Bonchev–Trinajstić information content (AvgIpc) is 2.63. The summed E-state index contributed by atoms with van der Waals surface area (Å²) in [6.45, 7) is 2.12. The van der Waals surface area contributed by atoms with Crippen molar-refractivity contribution in [2.75, 3.05) is 7.11 Å². The van der Waals surface area contributed by atoms with Crippen molar-refractivity contribution >= 4 is 11.8 Å². The first-order valence-corrected chi connectivity index (χ1v) is 6.02. The number of ketones is 1. The van der Waals surface area contributed by atoms with Crippen LogP contribution in [0.5, 0.6) is 0 Å². The van der Waals surface area contributed by atoms with Crippen LogP contribution in [-0.2, 0) is 14.3 Å². The van der Waals surface area contributed by atoms with Gasteiger partial charge < -0.3 is 4.74 Å². The molecule has 0 N–H and O–H groups in total. The number of unbranched alkanes of at least 4 members (excludes halogenated alkanes) is 2. The van der Waals surface area contributed by atoms with E-state index >= 15 is 0 Å². The van der Waals surface area contributed by atoms with Crippen LogP contribution in [0.15, 0.2) is 24.3 Å². The Kier molecular flexibility index (Phi) is 5.13. The highest BCUT2D eigenvalue weighted by Crippen LogP contribution is 2.34. The van der Waals surface area contributed by atoms with E-state index in [-0.39, 0.29) is 17.2 Å². The molecule has 0 aliphatic heterocycles. The van der Waals surface area contributed by atoms with Crippen LogP contribution in [0.1, 0.15) is 39.0 Å². The zero-order valence-corrected chi connectivity index (χ0v) is 10.6. The number of methoxy groups -OCH3 is 1. The van der Waals surface area contributed by atoms with Crippen LogP contribution in [0.3, 0.4) is 0 Å². The number of allylic oxidation sites excluding steroid dienone is 3. The van der Waals surface area contributed by atoms with E-state index in [2.05, 4.69) is 11.7 Å². The summed E-state index contributed by atoms with van der Waals surface area (Å²) in [5, 5.41) is 0. The Labute approximate surface area is 103 Å². The van der Waals surface area contributed by atoms with Gasteiger partial charge in [0.15, 0.2) is 5.78 Å². The Morgan fingerprint density at radius 3 is 2.88 bits per heavy atom. The van der Waals surface area contributed by atoms with E-state index in [1.807, 2.05) is 12.2 Å². The predicted molar refractivity (Wildman–Crippen MR) is 66.5 cm³/mol. The lowest BCUT2D eigenvalue weighted by Gasteiger charge is -2.20. The van der Waals surface area contributed by atoms with Crippen LogP contribution in [0.2, 0.25) is 0 Å². The van der Waals surface area contributed by atoms with Gasteiger partial charge in [-0.3, -0.25) is 4.79 Å². The average molecular weight is 236 g/mol. The van der Waals surface area contributed by atoms with Gasteiger partial charge >= 0.3 is 5.97 Å². The lowest BCUT2D eigenvalue weighted by Crippen LogP contribution is -2.11. The summed E-state index contributed by atoms with van der Waals surface area (Å²) in [4.78, 5) is 21.9. The molecule has 0 fully saturated rings. The van der Waals surface area contributed by atoms with Gasteiger partial charge in [0.1, 0.15) is 0 Å². The Balaban J connectivity index is 2.13. The van der Waals surface area contributed by atoms with Crippen LogP contribution >= 0.6 is 0 Å². The molecule has 0 aromatic carbocycles. The molecule has 94 valence electrons. The molecule has 0 amide bonds. The molecule has 0 aromatic heterocycles. The number of hydrogen-bond acceptors (Lipinski definition) is 3. The van der Waals surface area contributed by atoms with Crippen LogP contribution < -0.4 is 0 Å². The summed E-state index contributed by atoms with van der Waals surface area (Å²) in [6.07, 6.45) is 11.7. The minimum absolute atomic E-state index is 0.0587. The number of carbonyl (C=O) groups excluding carboxylic acids is 2. The number of carbonyl (C=O) groups is 2. The second-order valence-corrected chi connectivity index (χ2v) is 4.80. The predicted octanol–water partition coefficient (Wildman–Crippen LogP) is 2.81. The molecule has 0 saturated heterocycles. The summed E-state index contributed by atoms with van der Waals surface area (Å²) in [6, 6.07) is 0. The van der Waals surface area contributed by atoms with Crippen molar-refractivity contribution in [3.63, 3.8) is 0 Å². The minimum atomic E-state index is -0.304. The van der Waals surface area contributed by atoms with E-state index in [0.29, 0.717) is 6.42 Å². The van der Waals surface area contributed by atoms with E-state index in [1.165, 1.54) is 13.2 Å². The van der Waals surface area contributed by atoms with Crippen molar-refractivity contribution in [1.29, 1.82) is 0 Å². The number of hydrogen-bond donors (Lipinski definition) is 0. The van der Waals surface area contributed by atoms with Gasteiger partial charge in [0, 0.05) is 12.5 Å². The molecular formula is C14H20O3. The Bertz CT molecular complexity index is 341. The van der Waals surface area contributed by atoms with Crippen LogP contribution in [-0.4, -0.2) is 18.9 Å². The van der Waals surface area contributed by atoms with E-state index in [4.69, 9.17) is 0 Å². The minimum Gasteiger partial charge on any atom is -0.466 e. The zero-order valence-electron chi connectivity index (χ0n) is 10.6. The van der Waals surface area contributed by atoms with Crippen molar-refractivity contribution in [3.05, 3.63) is 24.3 Å². The Morgan fingerprint density at radius 2 is 2.29 bits per heavy atom. The molecule has 1 unspecified atom stereocenters. The Morgan fingerprint density at radius 1 is 1.53 bits per heavy atom. The maximum Gasteiger partial charge on any atom is 0.330 e. The van der Waals surface area contributed by atoms with E-state index in [1.54, 1.807) is 6.08 Å². The van der Waals surface area contributed by atoms with E-state index in [0.717, 1.165) is 25.7 Å². The highest BCUT2D eigenvalue weighted by Gasteiger charge is 2.27. The molecule has 17 heavy (non-hydrogen) atoms. The Hall–Kier alpha value is -1.38. The van der Waals surface area contributed by atoms with E-state index in [9.17, 15) is 9.59 Å². The standard InChI is InChI=1S/C14H20O3/c1-14(10-8-12(15)11-14)9-6-4-3-5-7-13(16)17-2/h5,7-8,10H,3-4,6,9,11H2,1-2H3/b7-5-. The third-order valence-electron chi connectivity index (χ3n) is 3.07. The summed E-state index contributed by atoms with van der Waals surface area (Å²) in [7, 11) is 1.37. The molecule has 3 nitrogen and oxygen atoms in total. The number of esters is 1. The summed E-state index contributed by atoms with van der Waals surface area (Å²) < 4.78 is 4.49. The van der Waals surface area contributed by atoms with Crippen molar-refractivity contribution in [2.45, 2.75) is 39.0 Å². The molecule has 0 spiro atoms. The largest absolute Gasteiger partial charge is 0.466 e. The van der Waals surface area contributed by atoms with Crippen LogP contribution in [0.4, 0.5) is 0 Å². The monoisotopic (exact) mass is 236 g/mol. The smallest absolute Gasteiger partial charge is 0.330 e. The molecular weight excluding hydrogens is 216 g/mol. The molecule has 1 aliphatic carbocycles. The van der Waals surface area contributed by atoms with Crippen LogP contribution in [0, 0.1) is 5.41 Å². The van der Waals surface area contributed by atoms with Crippen molar-refractivity contribution in [2.24, 2.45) is 5.41 Å². The third-order valence-corrected chi connectivity index (χ3v) is 3.07. The molecule has 1 rings (SSSR count). The summed E-state index contributed by atoms with van der Waals surface area (Å²) in [5.41, 5.74) is 0.0587. The first-order valence-electron chi connectivity index (χ1n) is 6.02. The second kappa shape index (κ2) is 6.38. The highest BCUT2D eigenvalue weighted by atomic mass is 16.5. The van der Waals surface area contributed by atoms with Gasteiger partial charge in [-0.05, 0) is 30.8 Å². The van der Waals surface area contributed by atoms with Gasteiger partial charge in [0.2, 0.25) is 0 Å². The van der Waals surface area contributed by atoms with Crippen molar-refractivity contribution in [3.8, 4) is 0 Å². The molecule has 1 atom stereocenters. The van der Waals surface area contributed by atoms with Crippen molar-refractivity contribution in [1.82, 2.24) is 0 Å². The van der Waals surface area contributed by atoms with Gasteiger partial charge in [-0.25, -0.2) is 4.79 Å². The van der Waals surface area contributed by atoms with Crippen LogP contribution in [0.25, 0.3) is 0 Å². The highest BCUT2D eigenvalue weighted by molar-refractivity contribution is 5.92. The topological polar surface area (TPSA) is 43.4 Å². The molecule has 0 saturated carbocycles. The fourth-order valence-corrected chi connectivity index (χ4v) is 2.02. The first-order chi connectivity index (χ1) is 8.06. The quantitative estimate of drug-likeness (QED) is 0.404. The summed E-state index contributed by atoms with van der Waals surface area (Å²) in [5.74, 6) is -0.0700. The van der Waals surface area contributed by atoms with Gasteiger partial charge in [0.05, 0.1) is 7.11 Å². The fourth-order valence-electron chi connectivity index (χ4n) is 2.02. The van der Waals surface area contributed by atoms with Gasteiger partial charge in [-0.15, -0.1) is 0 Å². The molecule has 1 aliphatic rings. The zero-order chi connectivity index (χ0) is 12.7. The second-order valence-electron chi connectivity index (χ2n) is 4.80. The molecule has 0 radical (unpaired) electrons. The first kappa shape index (κ1) is 13.7. The lowest BCUT2D eigenvalue weighted by atomic mass is 9.84. The fraction of sp³-hybridized carbons (Fsp3) is 0.571. The molecule has 3 heteroatoms. The summed E-state index contributed by atoms with van der Waals surface area (Å²) >= 11 is 0. The maximum absolute atomic E-state index is 11.2. The van der Waals surface area contributed by atoms with Gasteiger partial charge in [0.25, 0.3) is 0 Å². The molecule has 0 bridgehead atoms. The third kappa shape index (κ3) is 4.98. The number of rotatable bonds is 6. The molecule has 0 aromatic rings. The van der Waals surface area contributed by atoms with Gasteiger partial charge in [-0.2, -0.15) is 0 Å². The van der Waals surface area contributed by atoms with E-state index < -0.39 is 0 Å². The van der Waals surface area contributed by atoms with Gasteiger partial charge in [-0.1, -0.05) is 25.5 Å². The maximum atomic E-state index is 11.2. The normalized spacial score (nSPS) is 23.5. The SMILES string of the molecule is COC(=O)/C=C\CCCCC1(C)C=CC(=O)C1.